The maximum Gasteiger partial charge on any atom is 0.120 e. The van der Waals surface area contributed by atoms with E-state index < -0.39 is 0 Å². The van der Waals surface area contributed by atoms with E-state index in [2.05, 4.69) is 65.3 Å². The predicted octanol–water partition coefficient (Wildman–Crippen LogP) is 6.17. The molecule has 196 valence electrons. The third-order valence-corrected chi connectivity index (χ3v) is 7.99. The van der Waals surface area contributed by atoms with Crippen molar-refractivity contribution in [3.05, 3.63) is 82.9 Å². The predicted molar refractivity (Wildman–Crippen MR) is 150 cm³/mol. The summed E-state index contributed by atoms with van der Waals surface area (Å²) in [5.41, 5.74) is 6.52. The Balaban J connectivity index is 1.29. The van der Waals surface area contributed by atoms with Crippen molar-refractivity contribution in [2.24, 2.45) is 0 Å². The summed E-state index contributed by atoms with van der Waals surface area (Å²) in [7, 11) is 1.74. The molecule has 0 aromatic heterocycles. The fourth-order valence-electron chi connectivity index (χ4n) is 5.85. The second-order valence-corrected chi connectivity index (χ2v) is 10.4. The van der Waals surface area contributed by atoms with E-state index in [9.17, 15) is 5.11 Å². The summed E-state index contributed by atoms with van der Waals surface area (Å²) in [5.74, 6) is 2.64. The lowest BCUT2D eigenvalue weighted by Crippen LogP contribution is -2.25. The number of hydrogen-bond donors (Lipinski definition) is 1. The number of fused-ring (bicyclic) bond motifs is 1. The summed E-state index contributed by atoms with van der Waals surface area (Å²) in [6.07, 6.45) is 5.70. The zero-order valence-corrected chi connectivity index (χ0v) is 22.3. The molecular formula is C32H40N2O3. The maximum absolute atomic E-state index is 9.89. The number of anilines is 1. The van der Waals surface area contributed by atoms with Gasteiger partial charge in [0, 0.05) is 31.4 Å². The number of phenolic OH excluding ortho intramolecular Hbond substituents is 1. The smallest absolute Gasteiger partial charge is 0.120 e. The van der Waals surface area contributed by atoms with E-state index in [1.54, 1.807) is 7.11 Å². The minimum Gasteiger partial charge on any atom is -0.508 e. The highest BCUT2D eigenvalue weighted by molar-refractivity contribution is 5.60. The first kappa shape index (κ1) is 25.5. The van der Waals surface area contributed by atoms with Crippen LogP contribution in [0.2, 0.25) is 0 Å². The fraction of sp³-hybridized carbons (Fsp3) is 0.438. The molecule has 1 aliphatic heterocycles. The highest BCUT2D eigenvalue weighted by Gasteiger charge is 2.24. The highest BCUT2D eigenvalue weighted by atomic mass is 16.5. The molecule has 5 heteroatoms. The number of aryl methyl sites for hydroxylation is 1. The Hall–Kier alpha value is -3.18. The molecule has 1 heterocycles. The molecule has 0 bridgehead atoms. The second kappa shape index (κ2) is 11.9. The van der Waals surface area contributed by atoms with Gasteiger partial charge in [0.05, 0.1) is 7.11 Å². The Labute approximate surface area is 221 Å². The average Bonchev–Trinajstić information content (AvgIpc) is 3.45. The van der Waals surface area contributed by atoms with Gasteiger partial charge in [-0.1, -0.05) is 24.3 Å². The van der Waals surface area contributed by atoms with E-state index in [-0.39, 0.29) is 0 Å². The molecule has 2 aliphatic rings. The van der Waals surface area contributed by atoms with Gasteiger partial charge in [0.2, 0.25) is 0 Å². The molecule has 3 aromatic rings. The Morgan fingerprint density at radius 1 is 0.946 bits per heavy atom. The first-order valence-electron chi connectivity index (χ1n) is 13.8. The van der Waals surface area contributed by atoms with Gasteiger partial charge in [-0.2, -0.15) is 0 Å². The SMILES string of the molecule is CCN(Cc1ccc(OCCN2CCCC2)cc1)c1cc(OC)ccc1[C@@H]1CCc2cc(O)ccc2C1. The summed E-state index contributed by atoms with van der Waals surface area (Å²) in [6, 6.07) is 21.0. The van der Waals surface area contributed by atoms with E-state index in [1.807, 2.05) is 12.1 Å². The fourth-order valence-corrected chi connectivity index (χ4v) is 5.85. The molecule has 1 aliphatic carbocycles. The zero-order valence-electron chi connectivity index (χ0n) is 22.3. The average molecular weight is 501 g/mol. The van der Waals surface area contributed by atoms with Crippen molar-refractivity contribution in [2.75, 3.05) is 44.8 Å². The molecular weight excluding hydrogens is 460 g/mol. The van der Waals surface area contributed by atoms with Gasteiger partial charge in [-0.05, 0) is 111 Å². The van der Waals surface area contributed by atoms with Crippen LogP contribution in [0.4, 0.5) is 5.69 Å². The molecule has 5 nitrogen and oxygen atoms in total. The molecule has 37 heavy (non-hydrogen) atoms. The van der Waals surface area contributed by atoms with Crippen LogP contribution in [-0.2, 0) is 19.4 Å². The molecule has 1 saturated heterocycles. The number of rotatable bonds is 10. The summed E-state index contributed by atoms with van der Waals surface area (Å²) in [5, 5.41) is 9.89. The molecule has 1 fully saturated rings. The van der Waals surface area contributed by atoms with E-state index in [0.717, 1.165) is 57.0 Å². The molecule has 5 rings (SSSR count). The van der Waals surface area contributed by atoms with Gasteiger partial charge < -0.3 is 19.5 Å². The largest absolute Gasteiger partial charge is 0.508 e. The van der Waals surface area contributed by atoms with Crippen LogP contribution in [0.3, 0.4) is 0 Å². The summed E-state index contributed by atoms with van der Waals surface area (Å²) in [4.78, 5) is 4.93. The van der Waals surface area contributed by atoms with Crippen LogP contribution in [0.25, 0.3) is 0 Å². The molecule has 0 unspecified atom stereocenters. The van der Waals surface area contributed by atoms with Crippen LogP contribution < -0.4 is 14.4 Å². The normalized spacial score (nSPS) is 17.4. The monoisotopic (exact) mass is 500 g/mol. The van der Waals surface area contributed by atoms with Crippen LogP contribution in [-0.4, -0.2) is 49.9 Å². The second-order valence-electron chi connectivity index (χ2n) is 10.4. The first-order valence-corrected chi connectivity index (χ1v) is 13.8. The van der Waals surface area contributed by atoms with Crippen molar-refractivity contribution in [1.29, 1.82) is 0 Å². The molecule has 0 amide bonds. The van der Waals surface area contributed by atoms with Gasteiger partial charge in [-0.15, -0.1) is 0 Å². The third kappa shape index (κ3) is 6.22. The number of benzene rings is 3. The number of ether oxygens (including phenoxy) is 2. The van der Waals surface area contributed by atoms with Crippen LogP contribution in [0, 0.1) is 0 Å². The molecule has 0 spiro atoms. The molecule has 1 N–H and O–H groups in total. The van der Waals surface area contributed by atoms with Crippen molar-refractivity contribution >= 4 is 5.69 Å². The lowest BCUT2D eigenvalue weighted by atomic mass is 9.79. The number of aromatic hydroxyl groups is 1. The van der Waals surface area contributed by atoms with Gasteiger partial charge in [-0.25, -0.2) is 0 Å². The van der Waals surface area contributed by atoms with E-state index >= 15 is 0 Å². The van der Waals surface area contributed by atoms with Crippen molar-refractivity contribution in [3.63, 3.8) is 0 Å². The van der Waals surface area contributed by atoms with Gasteiger partial charge >= 0.3 is 0 Å². The lowest BCUT2D eigenvalue weighted by Gasteiger charge is -2.32. The van der Waals surface area contributed by atoms with Gasteiger partial charge in [-0.3, -0.25) is 4.90 Å². The van der Waals surface area contributed by atoms with Crippen molar-refractivity contribution in [2.45, 2.75) is 51.5 Å². The zero-order chi connectivity index (χ0) is 25.6. The minimum absolute atomic E-state index is 0.363. The van der Waals surface area contributed by atoms with E-state index in [1.165, 1.54) is 53.9 Å². The van der Waals surface area contributed by atoms with Crippen molar-refractivity contribution in [1.82, 2.24) is 4.90 Å². The number of likely N-dealkylation sites (tertiary alicyclic amines) is 1. The Morgan fingerprint density at radius 2 is 1.73 bits per heavy atom. The number of methoxy groups -OCH3 is 1. The van der Waals surface area contributed by atoms with Crippen molar-refractivity contribution < 1.29 is 14.6 Å². The standard InChI is InChI=1S/C32H40N2O3/c1-3-34(23-24-6-12-29(13-7-24)37-19-18-33-16-4-5-17-33)32-22-30(36-2)14-15-31(32)27-9-8-26-21-28(35)11-10-25(26)20-27/h6-7,10-15,21-22,27,35H,3-5,8-9,16-20,23H2,1-2H3/t27-/m1/s1. The van der Waals surface area contributed by atoms with Crippen molar-refractivity contribution in [3.8, 4) is 17.2 Å². The Bertz CT molecular complexity index is 1170. The highest BCUT2D eigenvalue weighted by Crippen LogP contribution is 2.40. The Kier molecular flexibility index (Phi) is 8.20. The lowest BCUT2D eigenvalue weighted by molar-refractivity contribution is 0.238. The van der Waals surface area contributed by atoms with Gasteiger partial charge in [0.1, 0.15) is 23.9 Å². The quantitative estimate of drug-likeness (QED) is 0.360. The third-order valence-electron chi connectivity index (χ3n) is 7.99. The van der Waals surface area contributed by atoms with E-state index in [0.29, 0.717) is 11.7 Å². The first-order chi connectivity index (χ1) is 18.1. The summed E-state index contributed by atoms with van der Waals surface area (Å²) < 4.78 is 11.6. The molecule has 0 radical (unpaired) electrons. The minimum atomic E-state index is 0.363. The van der Waals surface area contributed by atoms with Gasteiger partial charge in [0.15, 0.2) is 0 Å². The van der Waals surface area contributed by atoms with Crippen LogP contribution in [0.1, 0.15) is 54.4 Å². The molecule has 1 atom stereocenters. The summed E-state index contributed by atoms with van der Waals surface area (Å²) >= 11 is 0. The number of phenols is 1. The van der Waals surface area contributed by atoms with Gasteiger partial charge in [0.25, 0.3) is 0 Å². The van der Waals surface area contributed by atoms with Crippen LogP contribution >= 0.6 is 0 Å². The topological polar surface area (TPSA) is 45.2 Å². The number of hydrogen-bond acceptors (Lipinski definition) is 5. The van der Waals surface area contributed by atoms with Crippen LogP contribution in [0.5, 0.6) is 17.2 Å². The number of nitrogens with zero attached hydrogens (tertiary/aromatic N) is 2. The maximum atomic E-state index is 9.89. The Morgan fingerprint density at radius 3 is 2.49 bits per heavy atom. The van der Waals surface area contributed by atoms with Crippen LogP contribution in [0.15, 0.2) is 60.7 Å². The molecule has 0 saturated carbocycles. The molecule has 3 aromatic carbocycles. The van der Waals surface area contributed by atoms with E-state index in [4.69, 9.17) is 9.47 Å². The summed E-state index contributed by atoms with van der Waals surface area (Å²) in [6.45, 7) is 8.14.